The molecule has 0 heterocycles. The molecule has 0 atom stereocenters. The smallest absolute Gasteiger partial charge is 0.116 e. The van der Waals surface area contributed by atoms with Crippen molar-refractivity contribution < 1.29 is 12.4 Å². The third-order valence-corrected chi connectivity index (χ3v) is 14.2. The molecule has 0 N–H and O–H groups in total. The van der Waals surface area contributed by atoms with Crippen LogP contribution >= 0.6 is 7.26 Å². The van der Waals surface area contributed by atoms with Gasteiger partial charge >= 0.3 is 0 Å². The lowest BCUT2D eigenvalue weighted by Crippen LogP contribution is -3.00. The molecule has 0 aromatic heterocycles. The Morgan fingerprint density at radius 2 is 0.938 bits per heavy atom. The van der Waals surface area contributed by atoms with Crippen molar-refractivity contribution in [3.8, 4) is 0 Å². The summed E-state index contributed by atoms with van der Waals surface area (Å²) in [6, 6.07) is 57.3. The third kappa shape index (κ3) is 6.47. The second-order valence-corrected chi connectivity index (χ2v) is 16.3. The molecule has 7 aromatic carbocycles. The molecule has 7 aromatic rings. The Labute approximate surface area is 293 Å². The lowest BCUT2D eigenvalue weighted by Gasteiger charge is -2.28. The van der Waals surface area contributed by atoms with Crippen molar-refractivity contribution in [3.63, 3.8) is 0 Å². The molecule has 0 unspecified atom stereocenters. The Morgan fingerprint density at radius 1 is 0.458 bits per heavy atom. The van der Waals surface area contributed by atoms with Crippen LogP contribution in [0.1, 0.15) is 45.1 Å². The molecule has 48 heavy (non-hydrogen) atoms. The molecule has 0 saturated carbocycles. The van der Waals surface area contributed by atoms with Crippen LogP contribution in [0.5, 0.6) is 0 Å². The largest absolute Gasteiger partial charge is 1.00 e. The van der Waals surface area contributed by atoms with E-state index in [1.165, 1.54) is 85.2 Å². The standard InChI is InChI=1S/C45H45NP.ClH/c1-3-5-31-46(32-6-4-2)37-26-28-41-35(33-37)25-27-45-43-24-16-17-36(42(43)29-30-44(41)45)34-47(38-18-10-7-11-19-38,39-20-12-8-13-21-39)40-22-14-9-15-23-40;/h7-30,33H,3-6,31-32,34H2,1-2H3;1H/q+1;/p-1. The summed E-state index contributed by atoms with van der Waals surface area (Å²) < 4.78 is 0. The zero-order chi connectivity index (χ0) is 32.1. The summed E-state index contributed by atoms with van der Waals surface area (Å²) in [5.74, 6) is 0. The summed E-state index contributed by atoms with van der Waals surface area (Å²) in [7, 11) is -2.02. The molecule has 242 valence electrons. The number of halogens is 1. The molecule has 0 spiro atoms. The lowest BCUT2D eigenvalue weighted by atomic mass is 9.95. The first-order chi connectivity index (χ1) is 23.2. The van der Waals surface area contributed by atoms with Crippen LogP contribution < -0.4 is 33.2 Å². The highest BCUT2D eigenvalue weighted by Gasteiger charge is 2.45. The van der Waals surface area contributed by atoms with E-state index in [9.17, 15) is 0 Å². The summed E-state index contributed by atoms with van der Waals surface area (Å²) in [4.78, 5) is 2.59. The quantitative estimate of drug-likeness (QED) is 0.0943. The van der Waals surface area contributed by atoms with Gasteiger partial charge in [0.15, 0.2) is 0 Å². The Hall–Kier alpha value is -4.16. The van der Waals surface area contributed by atoms with Gasteiger partial charge in [-0.2, -0.15) is 0 Å². The molecule has 1 nitrogen and oxygen atoms in total. The Kier molecular flexibility index (Phi) is 10.8. The fraction of sp³-hybridized carbons (Fsp3) is 0.200. The molecule has 7 rings (SSSR count). The van der Waals surface area contributed by atoms with Crippen molar-refractivity contribution in [1.82, 2.24) is 0 Å². The zero-order valence-electron chi connectivity index (χ0n) is 28.2. The van der Waals surface area contributed by atoms with Gasteiger partial charge in [0, 0.05) is 18.8 Å². The van der Waals surface area contributed by atoms with Crippen LogP contribution in [0.2, 0.25) is 0 Å². The van der Waals surface area contributed by atoms with Gasteiger partial charge in [0.05, 0.1) is 6.16 Å². The van der Waals surface area contributed by atoms with Crippen molar-refractivity contribution in [3.05, 3.63) is 157 Å². The highest BCUT2D eigenvalue weighted by molar-refractivity contribution is 7.95. The second-order valence-electron chi connectivity index (χ2n) is 12.8. The highest BCUT2D eigenvalue weighted by Crippen LogP contribution is 2.58. The van der Waals surface area contributed by atoms with Gasteiger partial charge in [0.25, 0.3) is 0 Å². The van der Waals surface area contributed by atoms with Crippen LogP contribution in [0.25, 0.3) is 32.3 Å². The maximum Gasteiger partial charge on any atom is 0.116 e. The number of hydrogen-bond acceptors (Lipinski definition) is 1. The first-order valence-electron chi connectivity index (χ1n) is 17.4. The van der Waals surface area contributed by atoms with Crippen LogP contribution in [0, 0.1) is 0 Å². The minimum absolute atomic E-state index is 0. The van der Waals surface area contributed by atoms with E-state index in [1.54, 1.807) is 0 Å². The molecule has 0 radical (unpaired) electrons. The average Bonchev–Trinajstić information content (AvgIpc) is 3.14. The van der Waals surface area contributed by atoms with Crippen LogP contribution in [-0.4, -0.2) is 13.1 Å². The van der Waals surface area contributed by atoms with Crippen molar-refractivity contribution in [2.24, 2.45) is 0 Å². The molecule has 0 aliphatic carbocycles. The summed E-state index contributed by atoms with van der Waals surface area (Å²) >= 11 is 0. The minimum atomic E-state index is -2.02. The molecule has 0 aliphatic rings. The van der Waals surface area contributed by atoms with Gasteiger partial charge < -0.3 is 17.3 Å². The van der Waals surface area contributed by atoms with Gasteiger partial charge in [-0.15, -0.1) is 0 Å². The van der Waals surface area contributed by atoms with Gasteiger partial charge in [-0.05, 0) is 99.3 Å². The molecular weight excluding hydrogens is 621 g/mol. The Morgan fingerprint density at radius 3 is 1.50 bits per heavy atom. The van der Waals surface area contributed by atoms with Crippen LogP contribution in [0.3, 0.4) is 0 Å². The van der Waals surface area contributed by atoms with Crippen molar-refractivity contribution >= 4 is 61.2 Å². The van der Waals surface area contributed by atoms with Gasteiger partial charge in [-0.3, -0.25) is 0 Å². The number of rotatable bonds is 12. The highest BCUT2D eigenvalue weighted by atomic mass is 35.5. The van der Waals surface area contributed by atoms with E-state index in [0.29, 0.717) is 0 Å². The van der Waals surface area contributed by atoms with E-state index in [1.807, 2.05) is 0 Å². The van der Waals surface area contributed by atoms with E-state index in [4.69, 9.17) is 0 Å². The predicted octanol–water partition coefficient (Wildman–Crippen LogP) is 8.05. The zero-order valence-corrected chi connectivity index (χ0v) is 29.8. The number of anilines is 1. The number of fused-ring (bicyclic) bond motifs is 5. The number of nitrogens with zero attached hydrogens (tertiary/aromatic N) is 1. The van der Waals surface area contributed by atoms with Crippen molar-refractivity contribution in [2.45, 2.75) is 45.7 Å². The molecule has 3 heteroatoms. The van der Waals surface area contributed by atoms with E-state index < -0.39 is 7.26 Å². The molecule has 0 fully saturated rings. The molecular formula is C45H45ClNP. The number of unbranched alkanes of at least 4 members (excludes halogenated alkanes) is 2. The summed E-state index contributed by atoms with van der Waals surface area (Å²) in [6.07, 6.45) is 5.88. The van der Waals surface area contributed by atoms with Crippen LogP contribution in [0.15, 0.2) is 152 Å². The van der Waals surface area contributed by atoms with Crippen LogP contribution in [-0.2, 0) is 6.16 Å². The monoisotopic (exact) mass is 665 g/mol. The third-order valence-electron chi connectivity index (χ3n) is 9.88. The van der Waals surface area contributed by atoms with Gasteiger partial charge in [-0.25, -0.2) is 0 Å². The minimum Gasteiger partial charge on any atom is -1.00 e. The normalized spacial score (nSPS) is 11.5. The topological polar surface area (TPSA) is 3.24 Å². The molecule has 0 amide bonds. The van der Waals surface area contributed by atoms with E-state index >= 15 is 0 Å². The van der Waals surface area contributed by atoms with E-state index in [0.717, 1.165) is 19.3 Å². The molecule has 0 saturated heterocycles. The van der Waals surface area contributed by atoms with Crippen LogP contribution in [0.4, 0.5) is 5.69 Å². The first kappa shape index (κ1) is 33.7. The molecule has 0 aliphatic heterocycles. The van der Waals surface area contributed by atoms with Crippen molar-refractivity contribution in [1.29, 1.82) is 0 Å². The average molecular weight is 666 g/mol. The van der Waals surface area contributed by atoms with E-state index in [-0.39, 0.29) is 12.4 Å². The van der Waals surface area contributed by atoms with E-state index in [2.05, 4.69) is 170 Å². The summed E-state index contributed by atoms with van der Waals surface area (Å²) in [6.45, 7) is 6.82. The maximum atomic E-state index is 2.59. The maximum absolute atomic E-state index is 2.59. The van der Waals surface area contributed by atoms with Gasteiger partial charge in [0.2, 0.25) is 0 Å². The Bertz CT molecular complexity index is 1990. The predicted molar refractivity (Wildman–Crippen MR) is 210 cm³/mol. The number of benzene rings is 7. The Balaban J connectivity index is 0.00000401. The fourth-order valence-corrected chi connectivity index (χ4v) is 11.7. The van der Waals surface area contributed by atoms with Gasteiger partial charge in [0.1, 0.15) is 23.2 Å². The van der Waals surface area contributed by atoms with Gasteiger partial charge in [-0.1, -0.05) is 130 Å². The lowest BCUT2D eigenvalue weighted by molar-refractivity contribution is -0.00000911. The molecule has 0 bridgehead atoms. The first-order valence-corrected chi connectivity index (χ1v) is 19.4. The second kappa shape index (κ2) is 15.4. The summed E-state index contributed by atoms with van der Waals surface area (Å²) in [5.41, 5.74) is 2.76. The number of hydrogen-bond donors (Lipinski definition) is 0. The SMILES string of the molecule is CCCCN(CCCC)c1ccc2c(ccc3c4cccc(C[P+](c5ccccc5)(c5ccccc5)c5ccccc5)c4ccc23)c1.[Cl-]. The van der Waals surface area contributed by atoms with Crippen molar-refractivity contribution in [2.75, 3.05) is 18.0 Å². The fourth-order valence-electron chi connectivity index (χ4n) is 7.39. The summed E-state index contributed by atoms with van der Waals surface area (Å²) in [5, 5.41) is 12.3.